The van der Waals surface area contributed by atoms with Crippen molar-refractivity contribution < 1.29 is 13.9 Å². The monoisotopic (exact) mass is 378 g/mol. The van der Waals surface area contributed by atoms with Gasteiger partial charge in [-0.05, 0) is 60.4 Å². The molecule has 2 aromatic carbocycles. The zero-order chi connectivity index (χ0) is 20.3. The number of hydrogen-bond donors (Lipinski definition) is 1. The number of methoxy groups -OCH3 is 1. The molecule has 1 N–H and O–H groups in total. The van der Waals surface area contributed by atoms with Crippen molar-refractivity contribution in [1.82, 2.24) is 4.98 Å². The van der Waals surface area contributed by atoms with E-state index >= 15 is 0 Å². The largest absolute Gasteiger partial charge is 0.496 e. The van der Waals surface area contributed by atoms with Crippen LogP contribution >= 0.6 is 0 Å². The number of ether oxygens (including phenoxy) is 1. The van der Waals surface area contributed by atoms with E-state index in [1.807, 2.05) is 12.1 Å². The third-order valence-electron chi connectivity index (χ3n) is 4.62. The van der Waals surface area contributed by atoms with Gasteiger partial charge >= 0.3 is 0 Å². The highest BCUT2D eigenvalue weighted by molar-refractivity contribution is 6.04. The molecule has 0 atom stereocenters. The number of nitrogens with one attached hydrogen (secondary N) is 1. The van der Waals surface area contributed by atoms with E-state index in [1.54, 1.807) is 38.3 Å². The quantitative estimate of drug-likeness (QED) is 0.630. The Hall–Kier alpha value is -3.21. The molecule has 0 unspecified atom stereocenters. The van der Waals surface area contributed by atoms with E-state index in [4.69, 9.17) is 4.74 Å². The summed E-state index contributed by atoms with van der Waals surface area (Å²) in [5.41, 5.74) is 4.10. The molecule has 28 heavy (non-hydrogen) atoms. The number of benzene rings is 2. The molecule has 5 heteroatoms. The van der Waals surface area contributed by atoms with Crippen molar-refractivity contribution in [2.45, 2.75) is 26.7 Å². The number of nitrogens with zero attached hydrogens (tertiary/aromatic N) is 1. The van der Waals surface area contributed by atoms with Crippen LogP contribution in [0.2, 0.25) is 0 Å². The van der Waals surface area contributed by atoms with Crippen LogP contribution in [0.5, 0.6) is 5.75 Å². The molecular weight excluding hydrogens is 355 g/mol. The van der Waals surface area contributed by atoms with Crippen LogP contribution in [-0.4, -0.2) is 18.0 Å². The second-order valence-corrected chi connectivity index (χ2v) is 6.96. The van der Waals surface area contributed by atoms with Gasteiger partial charge in [-0.25, -0.2) is 4.39 Å². The predicted molar refractivity (Wildman–Crippen MR) is 109 cm³/mol. The zero-order valence-corrected chi connectivity index (χ0v) is 16.4. The number of rotatable bonds is 5. The normalized spacial score (nSPS) is 10.8. The van der Waals surface area contributed by atoms with E-state index in [0.29, 0.717) is 22.7 Å². The third-order valence-corrected chi connectivity index (χ3v) is 4.62. The Morgan fingerprint density at radius 2 is 1.89 bits per heavy atom. The number of anilines is 1. The lowest BCUT2D eigenvalue weighted by atomic mass is 9.98. The number of aromatic nitrogens is 1. The maximum atomic E-state index is 13.7. The van der Waals surface area contributed by atoms with E-state index < -0.39 is 0 Å². The minimum absolute atomic E-state index is 0.342. The van der Waals surface area contributed by atoms with E-state index in [9.17, 15) is 9.18 Å². The lowest BCUT2D eigenvalue weighted by molar-refractivity contribution is 0.102. The summed E-state index contributed by atoms with van der Waals surface area (Å²) in [6, 6.07) is 14.1. The van der Waals surface area contributed by atoms with Crippen LogP contribution in [0.15, 0.2) is 54.7 Å². The lowest BCUT2D eigenvalue weighted by Crippen LogP contribution is -2.12. The molecule has 3 rings (SSSR count). The van der Waals surface area contributed by atoms with Crippen molar-refractivity contribution >= 4 is 11.6 Å². The van der Waals surface area contributed by atoms with Crippen molar-refractivity contribution in [2.24, 2.45) is 0 Å². The number of halogens is 1. The van der Waals surface area contributed by atoms with Gasteiger partial charge in [0.25, 0.3) is 5.91 Å². The summed E-state index contributed by atoms with van der Waals surface area (Å²) >= 11 is 0. The number of carbonyl (C=O) groups excluding carboxylic acids is 1. The van der Waals surface area contributed by atoms with Crippen LogP contribution in [0.4, 0.5) is 10.1 Å². The molecule has 144 valence electrons. The van der Waals surface area contributed by atoms with Crippen molar-refractivity contribution in [3.8, 4) is 17.0 Å². The molecule has 0 bridgehead atoms. The van der Waals surface area contributed by atoms with Crippen LogP contribution in [0.1, 0.15) is 41.3 Å². The summed E-state index contributed by atoms with van der Waals surface area (Å²) in [4.78, 5) is 16.9. The summed E-state index contributed by atoms with van der Waals surface area (Å²) in [5, 5.41) is 2.69. The second kappa shape index (κ2) is 8.21. The zero-order valence-electron chi connectivity index (χ0n) is 16.4. The molecule has 0 radical (unpaired) electrons. The molecule has 1 amide bonds. The highest BCUT2D eigenvalue weighted by atomic mass is 19.1. The van der Waals surface area contributed by atoms with Gasteiger partial charge in [0.05, 0.1) is 18.4 Å². The summed E-state index contributed by atoms with van der Waals surface area (Å²) in [7, 11) is 1.62. The van der Waals surface area contributed by atoms with Gasteiger partial charge in [0, 0.05) is 17.4 Å². The minimum atomic E-state index is -0.358. The number of aryl methyl sites for hydroxylation is 1. The van der Waals surface area contributed by atoms with Gasteiger partial charge in [-0.1, -0.05) is 26.0 Å². The first-order valence-electron chi connectivity index (χ1n) is 9.11. The summed E-state index contributed by atoms with van der Waals surface area (Å²) in [5.74, 6) is 0.405. The van der Waals surface area contributed by atoms with Crippen molar-refractivity contribution in [1.29, 1.82) is 0 Å². The van der Waals surface area contributed by atoms with Crippen LogP contribution < -0.4 is 10.1 Å². The molecule has 0 aliphatic carbocycles. The van der Waals surface area contributed by atoms with Gasteiger partial charge in [-0.3, -0.25) is 9.78 Å². The Bertz CT molecular complexity index is 998. The van der Waals surface area contributed by atoms with E-state index in [2.05, 4.69) is 30.2 Å². The number of hydrogen-bond acceptors (Lipinski definition) is 3. The lowest BCUT2D eigenvalue weighted by Gasteiger charge is -2.13. The van der Waals surface area contributed by atoms with E-state index in [-0.39, 0.29) is 11.7 Å². The first kappa shape index (κ1) is 19.5. The summed E-state index contributed by atoms with van der Waals surface area (Å²) in [6.45, 7) is 5.92. The van der Waals surface area contributed by atoms with Crippen molar-refractivity contribution in [3.05, 3.63) is 77.2 Å². The van der Waals surface area contributed by atoms with Gasteiger partial charge in [-0.2, -0.15) is 0 Å². The molecule has 0 saturated carbocycles. The van der Waals surface area contributed by atoms with Crippen LogP contribution in [0, 0.1) is 12.7 Å². The fraction of sp³-hybridized carbons (Fsp3) is 0.217. The van der Waals surface area contributed by atoms with Crippen LogP contribution in [-0.2, 0) is 0 Å². The number of carbonyl (C=O) groups is 1. The molecule has 0 aliphatic heterocycles. The first-order valence-corrected chi connectivity index (χ1v) is 9.11. The van der Waals surface area contributed by atoms with Gasteiger partial charge in [0.15, 0.2) is 0 Å². The van der Waals surface area contributed by atoms with Gasteiger partial charge in [0.1, 0.15) is 11.6 Å². The smallest absolute Gasteiger partial charge is 0.257 e. The van der Waals surface area contributed by atoms with Crippen molar-refractivity contribution in [3.63, 3.8) is 0 Å². The predicted octanol–water partition coefficient (Wildman–Crippen LogP) is 5.58. The van der Waals surface area contributed by atoms with Gasteiger partial charge in [0.2, 0.25) is 0 Å². The summed E-state index contributed by atoms with van der Waals surface area (Å²) in [6.07, 6.45) is 1.51. The Kier molecular flexibility index (Phi) is 5.73. The highest BCUT2D eigenvalue weighted by Gasteiger charge is 2.12. The molecule has 0 spiro atoms. The molecule has 4 nitrogen and oxygen atoms in total. The van der Waals surface area contributed by atoms with Crippen LogP contribution in [0.25, 0.3) is 11.3 Å². The molecule has 1 heterocycles. The molecular formula is C23H23FN2O2. The average molecular weight is 378 g/mol. The average Bonchev–Trinajstić information content (AvgIpc) is 2.70. The standard InChI is InChI=1S/C23H23FN2O2/c1-14(2)16-7-10-22(28-4)19(11-16)21-9-6-17(13-25-21)23(27)26-18-8-5-15(3)20(24)12-18/h5-14H,1-4H3,(H,26,27). The van der Waals surface area contributed by atoms with Gasteiger partial charge in [-0.15, -0.1) is 0 Å². The summed E-state index contributed by atoms with van der Waals surface area (Å²) < 4.78 is 19.1. The Morgan fingerprint density at radius 3 is 2.50 bits per heavy atom. The van der Waals surface area contributed by atoms with E-state index in [0.717, 1.165) is 17.0 Å². The molecule has 0 aliphatic rings. The number of pyridine rings is 1. The minimum Gasteiger partial charge on any atom is -0.496 e. The highest BCUT2D eigenvalue weighted by Crippen LogP contribution is 2.32. The molecule has 1 aromatic heterocycles. The fourth-order valence-electron chi connectivity index (χ4n) is 2.85. The molecule has 0 fully saturated rings. The first-order chi connectivity index (χ1) is 13.4. The Morgan fingerprint density at radius 1 is 1.11 bits per heavy atom. The fourth-order valence-corrected chi connectivity index (χ4v) is 2.85. The SMILES string of the molecule is COc1ccc(C(C)C)cc1-c1ccc(C(=O)Nc2ccc(C)c(F)c2)cn1. The van der Waals surface area contributed by atoms with Crippen LogP contribution in [0.3, 0.4) is 0 Å². The third kappa shape index (κ3) is 4.19. The number of amides is 1. The van der Waals surface area contributed by atoms with Gasteiger partial charge < -0.3 is 10.1 Å². The van der Waals surface area contributed by atoms with E-state index in [1.165, 1.54) is 17.8 Å². The molecule has 3 aromatic rings. The topological polar surface area (TPSA) is 51.2 Å². The maximum Gasteiger partial charge on any atom is 0.257 e. The molecule has 0 saturated heterocycles. The van der Waals surface area contributed by atoms with Crippen molar-refractivity contribution in [2.75, 3.05) is 12.4 Å². The Balaban J connectivity index is 1.84. The maximum absolute atomic E-state index is 13.7. The second-order valence-electron chi connectivity index (χ2n) is 6.96. The Labute approximate surface area is 164 Å².